The molecule has 1 heterocycles. The number of rotatable bonds is 18. The van der Waals surface area contributed by atoms with Gasteiger partial charge in [-0.3, -0.25) is 13.9 Å². The quantitative estimate of drug-likeness (QED) is 0.247. The standard InChI is InChI=1S/C21H45N2O4P/c1-3-5-7-9-10-11-13-20-26-28(24,25)27-21-19-23-17-15-22(16-18-23)14-12-8-6-4-2/h3-21H2,1-2H3,(H,24,25). The molecule has 6 nitrogen and oxygen atoms in total. The summed E-state index contributed by atoms with van der Waals surface area (Å²) in [6.07, 6.45) is 13.4. The fourth-order valence-electron chi connectivity index (χ4n) is 3.56. The topological polar surface area (TPSA) is 62.2 Å². The second kappa shape index (κ2) is 16.8. The summed E-state index contributed by atoms with van der Waals surface area (Å²) in [5.74, 6) is 0. The lowest BCUT2D eigenvalue weighted by atomic mass is 10.1. The van der Waals surface area contributed by atoms with Crippen molar-refractivity contribution in [3.8, 4) is 0 Å². The first-order valence-corrected chi connectivity index (χ1v) is 13.1. The molecule has 168 valence electrons. The van der Waals surface area contributed by atoms with Gasteiger partial charge < -0.3 is 9.79 Å². The first kappa shape index (κ1) is 26.1. The number of nitrogens with zero attached hydrogens (tertiary/aromatic N) is 2. The van der Waals surface area contributed by atoms with Crippen LogP contribution in [0.4, 0.5) is 0 Å². The molecule has 1 rings (SSSR count). The predicted molar refractivity (Wildman–Crippen MR) is 117 cm³/mol. The van der Waals surface area contributed by atoms with Crippen LogP contribution >= 0.6 is 7.82 Å². The Morgan fingerprint density at radius 2 is 1.14 bits per heavy atom. The summed E-state index contributed by atoms with van der Waals surface area (Å²) in [7, 11) is -3.90. The minimum Gasteiger partial charge on any atom is -0.302 e. The van der Waals surface area contributed by atoms with Crippen LogP contribution in [-0.4, -0.2) is 67.2 Å². The van der Waals surface area contributed by atoms with Gasteiger partial charge in [-0.25, -0.2) is 4.57 Å². The van der Waals surface area contributed by atoms with Gasteiger partial charge in [-0.2, -0.15) is 0 Å². The molecule has 1 fully saturated rings. The molecule has 1 aliphatic heterocycles. The molecule has 28 heavy (non-hydrogen) atoms. The average Bonchev–Trinajstić information content (AvgIpc) is 2.68. The number of hydrogen-bond donors (Lipinski definition) is 1. The second-order valence-electron chi connectivity index (χ2n) is 8.00. The molecule has 0 saturated carbocycles. The molecule has 0 aromatic rings. The van der Waals surface area contributed by atoms with Crippen molar-refractivity contribution in [2.24, 2.45) is 0 Å². The predicted octanol–water partition coefficient (Wildman–Crippen LogP) is 5.07. The Hall–Kier alpha value is 0.0300. The van der Waals surface area contributed by atoms with E-state index in [0.29, 0.717) is 13.2 Å². The summed E-state index contributed by atoms with van der Waals surface area (Å²) >= 11 is 0. The van der Waals surface area contributed by atoms with Gasteiger partial charge in [0.2, 0.25) is 0 Å². The Bertz CT molecular complexity index is 404. The van der Waals surface area contributed by atoms with Gasteiger partial charge in [0.1, 0.15) is 0 Å². The summed E-state index contributed by atoms with van der Waals surface area (Å²) in [5.41, 5.74) is 0. The SMILES string of the molecule is CCCCCCCCCOP(=O)(O)OCCN1CCN(CCCCCC)CC1. The first-order valence-electron chi connectivity index (χ1n) is 11.6. The van der Waals surface area contributed by atoms with Crippen LogP contribution in [0.25, 0.3) is 0 Å². The highest BCUT2D eigenvalue weighted by atomic mass is 31.2. The zero-order valence-electron chi connectivity index (χ0n) is 18.4. The van der Waals surface area contributed by atoms with Gasteiger partial charge in [0.15, 0.2) is 0 Å². The van der Waals surface area contributed by atoms with E-state index in [2.05, 4.69) is 23.6 Å². The minimum atomic E-state index is -3.90. The summed E-state index contributed by atoms with van der Waals surface area (Å²) in [5, 5.41) is 0. The average molecular weight is 421 g/mol. The van der Waals surface area contributed by atoms with Gasteiger partial charge in [0.05, 0.1) is 13.2 Å². The Labute approximate surface area is 173 Å². The lowest BCUT2D eigenvalue weighted by Crippen LogP contribution is -2.47. The third-order valence-electron chi connectivity index (χ3n) is 5.46. The van der Waals surface area contributed by atoms with Crippen LogP contribution in [0.2, 0.25) is 0 Å². The van der Waals surface area contributed by atoms with Gasteiger partial charge in [-0.1, -0.05) is 71.6 Å². The molecule has 0 spiro atoms. The van der Waals surface area contributed by atoms with Gasteiger partial charge in [0, 0.05) is 32.7 Å². The highest BCUT2D eigenvalue weighted by Gasteiger charge is 2.22. The van der Waals surface area contributed by atoms with Crippen molar-refractivity contribution in [3.63, 3.8) is 0 Å². The maximum absolute atomic E-state index is 11.9. The van der Waals surface area contributed by atoms with E-state index >= 15 is 0 Å². The molecular weight excluding hydrogens is 375 g/mol. The third-order valence-corrected chi connectivity index (χ3v) is 6.47. The van der Waals surface area contributed by atoms with Crippen molar-refractivity contribution < 1.29 is 18.5 Å². The van der Waals surface area contributed by atoms with E-state index in [1.165, 1.54) is 64.3 Å². The molecule has 7 heteroatoms. The van der Waals surface area contributed by atoms with Crippen molar-refractivity contribution >= 4 is 7.82 Å². The Morgan fingerprint density at radius 3 is 1.75 bits per heavy atom. The summed E-state index contributed by atoms with van der Waals surface area (Å²) in [4.78, 5) is 14.6. The molecule has 0 bridgehead atoms. The number of unbranched alkanes of at least 4 members (excludes halogenated alkanes) is 9. The Kier molecular flexibility index (Phi) is 15.6. The molecule has 1 aliphatic rings. The van der Waals surface area contributed by atoms with Crippen molar-refractivity contribution in [1.29, 1.82) is 0 Å². The molecule has 0 aromatic heterocycles. The molecule has 1 atom stereocenters. The van der Waals surface area contributed by atoms with Crippen LogP contribution in [0.15, 0.2) is 0 Å². The van der Waals surface area contributed by atoms with E-state index < -0.39 is 7.82 Å². The molecular formula is C21H45N2O4P. The molecule has 1 N–H and O–H groups in total. The van der Waals surface area contributed by atoms with E-state index in [0.717, 1.165) is 39.0 Å². The Balaban J connectivity index is 1.99. The van der Waals surface area contributed by atoms with E-state index in [-0.39, 0.29) is 6.61 Å². The largest absolute Gasteiger partial charge is 0.472 e. The smallest absolute Gasteiger partial charge is 0.302 e. The minimum absolute atomic E-state index is 0.251. The molecule has 1 unspecified atom stereocenters. The summed E-state index contributed by atoms with van der Waals surface area (Å²) in [6.45, 7) is 11.1. The second-order valence-corrected chi connectivity index (χ2v) is 9.45. The van der Waals surface area contributed by atoms with Crippen LogP contribution in [0, 0.1) is 0 Å². The van der Waals surface area contributed by atoms with Crippen molar-refractivity contribution in [3.05, 3.63) is 0 Å². The van der Waals surface area contributed by atoms with Crippen LogP contribution in [0.1, 0.15) is 84.5 Å². The van der Waals surface area contributed by atoms with Crippen LogP contribution in [0.5, 0.6) is 0 Å². The molecule has 0 amide bonds. The van der Waals surface area contributed by atoms with Gasteiger partial charge in [0.25, 0.3) is 0 Å². The lowest BCUT2D eigenvalue weighted by Gasteiger charge is -2.34. The maximum Gasteiger partial charge on any atom is 0.472 e. The fraction of sp³-hybridized carbons (Fsp3) is 1.00. The molecule has 1 saturated heterocycles. The van der Waals surface area contributed by atoms with Gasteiger partial charge in [-0.15, -0.1) is 0 Å². The van der Waals surface area contributed by atoms with E-state index in [1.54, 1.807) is 0 Å². The molecule has 0 aliphatic carbocycles. The highest BCUT2D eigenvalue weighted by Crippen LogP contribution is 2.43. The number of phosphoric acid groups is 1. The van der Waals surface area contributed by atoms with Crippen molar-refractivity contribution in [1.82, 2.24) is 9.80 Å². The highest BCUT2D eigenvalue weighted by molar-refractivity contribution is 7.47. The van der Waals surface area contributed by atoms with Crippen LogP contribution < -0.4 is 0 Å². The zero-order chi connectivity index (χ0) is 20.5. The monoisotopic (exact) mass is 420 g/mol. The summed E-state index contributed by atoms with van der Waals surface area (Å²) in [6, 6.07) is 0. The van der Waals surface area contributed by atoms with Gasteiger partial charge in [-0.05, 0) is 19.4 Å². The molecule has 0 aromatic carbocycles. The number of hydrogen-bond acceptors (Lipinski definition) is 5. The van der Waals surface area contributed by atoms with Crippen molar-refractivity contribution in [2.45, 2.75) is 84.5 Å². The normalized spacial score (nSPS) is 18.4. The third kappa shape index (κ3) is 14.1. The molecule has 0 radical (unpaired) electrons. The van der Waals surface area contributed by atoms with E-state index in [1.807, 2.05) is 0 Å². The first-order chi connectivity index (χ1) is 13.6. The van der Waals surface area contributed by atoms with Gasteiger partial charge >= 0.3 is 7.82 Å². The lowest BCUT2D eigenvalue weighted by molar-refractivity contribution is 0.0970. The number of piperazine rings is 1. The zero-order valence-corrected chi connectivity index (χ0v) is 19.3. The summed E-state index contributed by atoms with van der Waals surface area (Å²) < 4.78 is 22.2. The van der Waals surface area contributed by atoms with Crippen LogP contribution in [0.3, 0.4) is 0 Å². The van der Waals surface area contributed by atoms with E-state index in [9.17, 15) is 9.46 Å². The maximum atomic E-state index is 11.9. The van der Waals surface area contributed by atoms with Crippen molar-refractivity contribution in [2.75, 3.05) is 52.5 Å². The fourth-order valence-corrected chi connectivity index (χ4v) is 4.31. The number of phosphoric ester groups is 1. The van der Waals surface area contributed by atoms with Crippen LogP contribution in [-0.2, 0) is 13.6 Å². The van der Waals surface area contributed by atoms with E-state index in [4.69, 9.17) is 9.05 Å². The Morgan fingerprint density at radius 1 is 0.679 bits per heavy atom.